The number of nitrogens with one attached hydrogen (secondary N) is 2. The van der Waals surface area contributed by atoms with Crippen LogP contribution in [0.4, 0.5) is 13.2 Å². The highest BCUT2D eigenvalue weighted by Crippen LogP contribution is 2.30. The van der Waals surface area contributed by atoms with Gasteiger partial charge in [-0.3, -0.25) is 9.89 Å². The molecule has 1 amide bonds. The number of H-pyrrole nitrogens is 1. The summed E-state index contributed by atoms with van der Waals surface area (Å²) in [6, 6.07) is 4.34. The number of aromatic nitrogens is 8. The lowest BCUT2D eigenvalue weighted by Gasteiger charge is -2.20. The van der Waals surface area contributed by atoms with Gasteiger partial charge in [-0.15, -0.1) is 10.2 Å². The molecule has 12 nitrogen and oxygen atoms in total. The fraction of sp³-hybridized carbons (Fsp3) is 0.300. The molecule has 4 rings (SSSR count). The Morgan fingerprint density at radius 2 is 1.83 bits per heavy atom. The summed E-state index contributed by atoms with van der Waals surface area (Å²) in [4.78, 5) is 24.9. The monoisotopic (exact) mass is 491 g/mol. The number of hydrogen-bond donors (Lipinski definition) is 2. The summed E-state index contributed by atoms with van der Waals surface area (Å²) in [5.74, 6) is -1.10. The molecule has 0 spiro atoms. The molecule has 0 radical (unpaired) electrons. The maximum atomic E-state index is 13.1. The predicted molar refractivity (Wildman–Crippen MR) is 113 cm³/mol. The molecule has 0 aliphatic carbocycles. The average molecular weight is 491 g/mol. The van der Waals surface area contributed by atoms with Gasteiger partial charge in [0.05, 0.1) is 14.2 Å². The van der Waals surface area contributed by atoms with Crippen molar-refractivity contribution in [3.8, 4) is 17.4 Å². The minimum Gasteiger partial charge on any atom is -0.497 e. The summed E-state index contributed by atoms with van der Waals surface area (Å²) in [6.07, 6.45) is -1.43. The molecule has 3 aromatic heterocycles. The molecule has 4 aromatic rings. The van der Waals surface area contributed by atoms with Gasteiger partial charge in [0.15, 0.2) is 0 Å². The van der Waals surface area contributed by atoms with Gasteiger partial charge in [-0.25, -0.2) is 9.97 Å². The van der Waals surface area contributed by atoms with Crippen LogP contribution in [-0.2, 0) is 13.2 Å². The van der Waals surface area contributed by atoms with Gasteiger partial charge in [-0.2, -0.15) is 22.8 Å². The van der Waals surface area contributed by atoms with Gasteiger partial charge in [0.25, 0.3) is 11.9 Å². The summed E-state index contributed by atoms with van der Waals surface area (Å²) in [6.45, 7) is 1.45. The number of imidazole rings is 1. The molecule has 0 bridgehead atoms. The number of carbonyl (C=O) groups is 1. The average Bonchev–Trinajstić information content (AvgIpc) is 3.56. The van der Waals surface area contributed by atoms with E-state index in [0.29, 0.717) is 22.9 Å². The van der Waals surface area contributed by atoms with Crippen molar-refractivity contribution in [1.82, 2.24) is 44.8 Å². The molecule has 3 heterocycles. The van der Waals surface area contributed by atoms with E-state index >= 15 is 0 Å². The Balaban J connectivity index is 1.68. The first kappa shape index (κ1) is 23.7. The number of aromatic amines is 1. The third kappa shape index (κ3) is 4.78. The molecular formula is C20H20F3N9O3. The maximum Gasteiger partial charge on any atom is 0.451 e. The summed E-state index contributed by atoms with van der Waals surface area (Å²) >= 11 is 0. The molecule has 1 aromatic carbocycles. The molecule has 0 saturated heterocycles. The summed E-state index contributed by atoms with van der Waals surface area (Å²) < 4.78 is 51.9. The van der Waals surface area contributed by atoms with Crippen LogP contribution in [0.5, 0.6) is 11.5 Å². The van der Waals surface area contributed by atoms with Crippen LogP contribution in [0, 0.1) is 6.92 Å². The van der Waals surface area contributed by atoms with Crippen LogP contribution in [-0.4, -0.2) is 59.6 Å². The van der Waals surface area contributed by atoms with Crippen LogP contribution in [0.15, 0.2) is 30.6 Å². The number of aryl methyl sites for hydroxylation is 2. The van der Waals surface area contributed by atoms with E-state index in [1.807, 2.05) is 0 Å². The molecule has 1 unspecified atom stereocenters. The second kappa shape index (κ2) is 9.08. The number of benzene rings is 1. The third-order valence-corrected chi connectivity index (χ3v) is 5.00. The summed E-state index contributed by atoms with van der Waals surface area (Å²) in [7, 11) is 4.76. The third-order valence-electron chi connectivity index (χ3n) is 5.00. The molecule has 2 N–H and O–H groups in total. The Bertz CT molecular complexity index is 1340. The van der Waals surface area contributed by atoms with Gasteiger partial charge in [-0.05, 0) is 24.6 Å². The predicted octanol–water partition coefficient (Wildman–Crippen LogP) is 1.98. The first-order valence-electron chi connectivity index (χ1n) is 10.1. The first-order chi connectivity index (χ1) is 16.6. The number of alkyl halides is 3. The van der Waals surface area contributed by atoms with Crippen LogP contribution in [0.25, 0.3) is 5.95 Å². The second-order valence-corrected chi connectivity index (χ2v) is 7.33. The van der Waals surface area contributed by atoms with Crippen molar-refractivity contribution in [2.75, 3.05) is 14.2 Å². The minimum absolute atomic E-state index is 0.111. The summed E-state index contributed by atoms with van der Waals surface area (Å²) in [5.41, 5.74) is 0.601. The Labute approximate surface area is 196 Å². The van der Waals surface area contributed by atoms with Gasteiger partial charge < -0.3 is 19.4 Å². The number of methoxy groups -OCH3 is 2. The van der Waals surface area contributed by atoms with E-state index in [0.717, 1.165) is 4.68 Å². The number of nitrogens with zero attached hydrogens (tertiary/aromatic N) is 7. The first-order valence-corrected chi connectivity index (χ1v) is 10.1. The maximum absolute atomic E-state index is 13.1. The van der Waals surface area contributed by atoms with Crippen LogP contribution < -0.4 is 14.8 Å². The smallest absolute Gasteiger partial charge is 0.451 e. The van der Waals surface area contributed by atoms with Crippen molar-refractivity contribution in [3.63, 3.8) is 0 Å². The molecule has 0 aliphatic rings. The highest BCUT2D eigenvalue weighted by molar-refractivity contribution is 5.91. The van der Waals surface area contributed by atoms with Crippen LogP contribution >= 0.6 is 0 Å². The fourth-order valence-corrected chi connectivity index (χ4v) is 3.29. The van der Waals surface area contributed by atoms with Gasteiger partial charge in [-0.1, -0.05) is 0 Å². The van der Waals surface area contributed by atoms with E-state index in [4.69, 9.17) is 9.47 Å². The Morgan fingerprint density at radius 3 is 2.37 bits per heavy atom. The number of carbonyl (C=O) groups excluding carboxylic acids is 1. The molecule has 0 aliphatic heterocycles. The Hall–Kier alpha value is -4.43. The zero-order valence-corrected chi connectivity index (χ0v) is 19.0. The molecule has 15 heteroatoms. The topological polar surface area (TPSA) is 138 Å². The zero-order valence-electron chi connectivity index (χ0n) is 19.0. The van der Waals surface area contributed by atoms with E-state index in [-0.39, 0.29) is 11.6 Å². The number of hydrogen-bond acceptors (Lipinski definition) is 8. The highest BCUT2D eigenvalue weighted by atomic mass is 19.4. The van der Waals surface area contributed by atoms with Gasteiger partial charge in [0.1, 0.15) is 29.2 Å². The van der Waals surface area contributed by atoms with Gasteiger partial charge in [0, 0.05) is 25.5 Å². The van der Waals surface area contributed by atoms with Crippen molar-refractivity contribution in [2.45, 2.75) is 19.1 Å². The highest BCUT2D eigenvalue weighted by Gasteiger charge is 2.36. The van der Waals surface area contributed by atoms with Crippen LogP contribution in [0.2, 0.25) is 0 Å². The van der Waals surface area contributed by atoms with E-state index in [1.165, 1.54) is 21.1 Å². The van der Waals surface area contributed by atoms with Crippen molar-refractivity contribution < 1.29 is 27.4 Å². The van der Waals surface area contributed by atoms with E-state index in [9.17, 15) is 18.0 Å². The minimum atomic E-state index is -4.72. The van der Waals surface area contributed by atoms with E-state index in [2.05, 4.69) is 30.5 Å². The Morgan fingerprint density at radius 1 is 1.14 bits per heavy atom. The molecule has 1 atom stereocenters. The largest absolute Gasteiger partial charge is 0.497 e. The number of rotatable bonds is 7. The molecule has 0 saturated carbocycles. The van der Waals surface area contributed by atoms with Crippen molar-refractivity contribution >= 4 is 5.91 Å². The lowest BCUT2D eigenvalue weighted by atomic mass is 10.0. The van der Waals surface area contributed by atoms with Gasteiger partial charge >= 0.3 is 6.18 Å². The SMILES string of the molecule is COc1cc(OC)cc(C(NC(=O)c2nc(C)n(-c3n[nH]c(C(F)(F)F)n3)n2)c2nccn2C)c1. The van der Waals surface area contributed by atoms with E-state index in [1.54, 1.807) is 47.3 Å². The second-order valence-electron chi connectivity index (χ2n) is 7.33. The molecular weight excluding hydrogens is 471 g/mol. The normalized spacial score (nSPS) is 12.4. The Kier molecular flexibility index (Phi) is 6.15. The number of ether oxygens (including phenoxy) is 2. The fourth-order valence-electron chi connectivity index (χ4n) is 3.29. The van der Waals surface area contributed by atoms with Crippen LogP contribution in [0.3, 0.4) is 0 Å². The quantitative estimate of drug-likeness (QED) is 0.400. The van der Waals surface area contributed by atoms with Crippen molar-refractivity contribution in [1.29, 1.82) is 0 Å². The van der Waals surface area contributed by atoms with Crippen molar-refractivity contribution in [3.05, 3.63) is 59.5 Å². The zero-order chi connectivity index (χ0) is 25.3. The standard InChI is InChI=1S/C20H20F3N9O3/c1-10-25-15(30-32(10)19-27-18(28-29-19)20(21,22)23)17(33)26-14(16-24-5-6-31(16)2)11-7-12(34-3)9-13(8-11)35-4/h5-9,14H,1-4H3,(H,26,33)(H,27,28,29). The van der Waals surface area contributed by atoms with E-state index < -0.39 is 29.9 Å². The molecule has 0 fully saturated rings. The number of amides is 1. The van der Waals surface area contributed by atoms with Crippen molar-refractivity contribution in [2.24, 2.45) is 7.05 Å². The lowest BCUT2D eigenvalue weighted by Crippen LogP contribution is -2.32. The number of halogens is 3. The van der Waals surface area contributed by atoms with Crippen LogP contribution in [0.1, 0.15) is 39.7 Å². The summed E-state index contributed by atoms with van der Waals surface area (Å²) in [5, 5.41) is 12.1. The lowest BCUT2D eigenvalue weighted by molar-refractivity contribution is -0.144. The van der Waals surface area contributed by atoms with Gasteiger partial charge in [0.2, 0.25) is 11.6 Å². The molecule has 184 valence electrons. The molecule has 35 heavy (non-hydrogen) atoms.